The molecule has 1 saturated heterocycles. The van der Waals surface area contributed by atoms with Crippen LogP contribution >= 0.6 is 0 Å². The van der Waals surface area contributed by atoms with Crippen molar-refractivity contribution in [3.63, 3.8) is 0 Å². The van der Waals surface area contributed by atoms with Gasteiger partial charge in [0.25, 0.3) is 5.69 Å². The van der Waals surface area contributed by atoms with Crippen molar-refractivity contribution in [2.45, 2.75) is 12.5 Å². The van der Waals surface area contributed by atoms with Crippen LogP contribution in [-0.2, 0) is 0 Å². The predicted molar refractivity (Wildman–Crippen MR) is 67.3 cm³/mol. The average Bonchev–Trinajstić information content (AvgIpc) is 2.73. The van der Waals surface area contributed by atoms with E-state index in [1.165, 1.54) is 6.07 Å². The van der Waals surface area contributed by atoms with Gasteiger partial charge in [-0.05, 0) is 25.9 Å². The molecule has 3 N–H and O–H groups in total. The molecule has 6 nitrogen and oxygen atoms in total. The number of nitrogens with two attached hydrogens (primary N) is 1. The summed E-state index contributed by atoms with van der Waals surface area (Å²) in [6.45, 7) is 1.23. The van der Waals surface area contributed by atoms with Gasteiger partial charge in [-0.1, -0.05) is 0 Å². The zero-order valence-electron chi connectivity index (χ0n) is 10.5. The standard InChI is InChI=1S/C12H16FN3O3/c1-15-6-7(5-14)2-11(15)9-3-8(16(18)19)4-10(13)12(9)17/h3-4,7,11,17H,2,5-6,14H2,1H3. The molecule has 2 atom stereocenters. The number of nitro groups is 1. The van der Waals surface area contributed by atoms with Crippen LogP contribution in [0.1, 0.15) is 18.0 Å². The number of likely N-dealkylation sites (tertiary alicyclic amines) is 1. The average molecular weight is 269 g/mol. The number of aromatic hydroxyl groups is 1. The van der Waals surface area contributed by atoms with Gasteiger partial charge in [0, 0.05) is 24.2 Å². The van der Waals surface area contributed by atoms with Crippen molar-refractivity contribution in [3.05, 3.63) is 33.6 Å². The van der Waals surface area contributed by atoms with E-state index in [4.69, 9.17) is 5.73 Å². The number of halogens is 1. The van der Waals surface area contributed by atoms with Crippen LogP contribution in [0, 0.1) is 21.8 Å². The Bertz CT molecular complexity index is 509. The molecule has 0 bridgehead atoms. The van der Waals surface area contributed by atoms with Gasteiger partial charge in [-0.2, -0.15) is 0 Å². The number of hydrogen-bond acceptors (Lipinski definition) is 5. The Balaban J connectivity index is 2.41. The number of rotatable bonds is 3. The SMILES string of the molecule is CN1CC(CN)CC1c1cc([N+](=O)[O-])cc(F)c1O. The summed E-state index contributed by atoms with van der Waals surface area (Å²) < 4.78 is 13.6. The van der Waals surface area contributed by atoms with Crippen LogP contribution in [0.5, 0.6) is 5.75 Å². The van der Waals surface area contributed by atoms with Crippen molar-refractivity contribution in [3.8, 4) is 5.75 Å². The summed E-state index contributed by atoms with van der Waals surface area (Å²) in [4.78, 5) is 12.0. The van der Waals surface area contributed by atoms with Crippen LogP contribution in [0.15, 0.2) is 12.1 Å². The third-order valence-corrected chi connectivity index (χ3v) is 3.62. The van der Waals surface area contributed by atoms with E-state index in [1.807, 2.05) is 11.9 Å². The van der Waals surface area contributed by atoms with E-state index in [0.717, 1.165) is 12.6 Å². The van der Waals surface area contributed by atoms with Crippen LogP contribution in [0.25, 0.3) is 0 Å². The molecule has 0 saturated carbocycles. The number of benzene rings is 1. The summed E-state index contributed by atoms with van der Waals surface area (Å²) in [5.74, 6) is -1.23. The van der Waals surface area contributed by atoms with Gasteiger partial charge in [0.05, 0.1) is 11.0 Å². The molecule has 104 valence electrons. The summed E-state index contributed by atoms with van der Waals surface area (Å²) in [6, 6.07) is 1.72. The number of non-ortho nitro benzene ring substituents is 1. The number of phenolic OH excluding ortho intramolecular Hbond substituents is 1. The first kappa shape index (κ1) is 13.7. The Morgan fingerprint density at radius 2 is 2.32 bits per heavy atom. The molecule has 2 unspecified atom stereocenters. The van der Waals surface area contributed by atoms with E-state index in [0.29, 0.717) is 13.0 Å². The quantitative estimate of drug-likeness (QED) is 0.639. The van der Waals surface area contributed by atoms with Gasteiger partial charge in [0.1, 0.15) is 0 Å². The highest BCUT2D eigenvalue weighted by atomic mass is 19.1. The Morgan fingerprint density at radius 3 is 2.84 bits per heavy atom. The highest BCUT2D eigenvalue weighted by Gasteiger charge is 2.33. The topological polar surface area (TPSA) is 92.6 Å². The van der Waals surface area contributed by atoms with E-state index in [-0.39, 0.29) is 23.2 Å². The van der Waals surface area contributed by atoms with E-state index in [1.54, 1.807) is 0 Å². The Labute approximate surface area is 109 Å². The minimum atomic E-state index is -0.964. The fraction of sp³-hybridized carbons (Fsp3) is 0.500. The van der Waals surface area contributed by atoms with Gasteiger partial charge in [0.15, 0.2) is 11.6 Å². The van der Waals surface area contributed by atoms with Crippen LogP contribution in [0.2, 0.25) is 0 Å². The summed E-state index contributed by atoms with van der Waals surface area (Å²) in [7, 11) is 1.83. The van der Waals surface area contributed by atoms with Crippen LogP contribution in [0.4, 0.5) is 10.1 Å². The predicted octanol–water partition coefficient (Wildman–Crippen LogP) is 1.39. The zero-order valence-corrected chi connectivity index (χ0v) is 10.5. The van der Waals surface area contributed by atoms with Gasteiger partial charge in [-0.15, -0.1) is 0 Å². The van der Waals surface area contributed by atoms with Gasteiger partial charge in [0.2, 0.25) is 0 Å². The van der Waals surface area contributed by atoms with Crippen LogP contribution < -0.4 is 5.73 Å². The van der Waals surface area contributed by atoms with Crippen molar-refractivity contribution in [1.82, 2.24) is 4.90 Å². The van der Waals surface area contributed by atoms with Gasteiger partial charge in [-0.3, -0.25) is 15.0 Å². The highest BCUT2D eigenvalue weighted by molar-refractivity contribution is 5.46. The monoisotopic (exact) mass is 269 g/mol. The molecule has 1 aliphatic rings. The molecule has 1 fully saturated rings. The molecule has 1 aliphatic heterocycles. The van der Waals surface area contributed by atoms with E-state index < -0.39 is 16.5 Å². The molecule has 0 amide bonds. The fourth-order valence-corrected chi connectivity index (χ4v) is 2.60. The molecule has 1 heterocycles. The fourth-order valence-electron chi connectivity index (χ4n) is 2.60. The lowest BCUT2D eigenvalue weighted by Crippen LogP contribution is -2.20. The van der Waals surface area contributed by atoms with Crippen molar-refractivity contribution < 1.29 is 14.4 Å². The molecule has 1 aromatic carbocycles. The second-order valence-electron chi connectivity index (χ2n) is 4.92. The molecular weight excluding hydrogens is 253 g/mol. The summed E-state index contributed by atoms with van der Waals surface area (Å²) in [5.41, 5.74) is 5.51. The third kappa shape index (κ3) is 2.52. The minimum Gasteiger partial charge on any atom is -0.505 e. The van der Waals surface area contributed by atoms with E-state index in [9.17, 15) is 19.6 Å². The second kappa shape index (κ2) is 5.10. The maximum absolute atomic E-state index is 13.6. The van der Waals surface area contributed by atoms with E-state index >= 15 is 0 Å². The molecule has 0 aliphatic carbocycles. The Hall–Kier alpha value is -1.73. The number of nitrogens with zero attached hydrogens (tertiary/aromatic N) is 2. The zero-order chi connectivity index (χ0) is 14.2. The highest BCUT2D eigenvalue weighted by Crippen LogP contribution is 2.40. The molecule has 1 aromatic rings. The lowest BCUT2D eigenvalue weighted by molar-refractivity contribution is -0.385. The number of phenols is 1. The molecule has 0 spiro atoms. The first-order valence-corrected chi connectivity index (χ1v) is 6.01. The van der Waals surface area contributed by atoms with Gasteiger partial charge < -0.3 is 10.8 Å². The minimum absolute atomic E-state index is 0.247. The summed E-state index contributed by atoms with van der Waals surface area (Å²) in [6.07, 6.45) is 0.654. The number of nitro benzene ring substituents is 1. The van der Waals surface area contributed by atoms with Crippen molar-refractivity contribution >= 4 is 5.69 Å². The normalized spacial score (nSPS) is 23.7. The van der Waals surface area contributed by atoms with Crippen molar-refractivity contribution in [2.24, 2.45) is 11.7 Å². The first-order chi connectivity index (χ1) is 8.93. The first-order valence-electron chi connectivity index (χ1n) is 6.01. The van der Waals surface area contributed by atoms with Crippen LogP contribution in [0.3, 0.4) is 0 Å². The second-order valence-corrected chi connectivity index (χ2v) is 4.92. The molecular formula is C12H16FN3O3. The van der Waals surface area contributed by atoms with Crippen molar-refractivity contribution in [2.75, 3.05) is 20.1 Å². The third-order valence-electron chi connectivity index (χ3n) is 3.62. The maximum Gasteiger partial charge on any atom is 0.272 e. The van der Waals surface area contributed by atoms with Gasteiger partial charge in [-0.25, -0.2) is 4.39 Å². The number of hydrogen-bond donors (Lipinski definition) is 2. The Kier molecular flexibility index (Phi) is 3.68. The molecule has 7 heteroatoms. The van der Waals surface area contributed by atoms with E-state index in [2.05, 4.69) is 0 Å². The lowest BCUT2D eigenvalue weighted by Gasteiger charge is -2.20. The summed E-state index contributed by atoms with van der Waals surface area (Å²) >= 11 is 0. The summed E-state index contributed by atoms with van der Waals surface area (Å²) in [5, 5.41) is 20.5. The van der Waals surface area contributed by atoms with Crippen molar-refractivity contribution in [1.29, 1.82) is 0 Å². The lowest BCUT2D eigenvalue weighted by atomic mass is 9.98. The molecule has 0 radical (unpaired) electrons. The molecule has 19 heavy (non-hydrogen) atoms. The van der Waals surface area contributed by atoms with Crippen LogP contribution in [-0.4, -0.2) is 35.1 Å². The maximum atomic E-state index is 13.6. The Morgan fingerprint density at radius 1 is 1.63 bits per heavy atom. The van der Waals surface area contributed by atoms with Gasteiger partial charge >= 0.3 is 0 Å². The smallest absolute Gasteiger partial charge is 0.272 e. The molecule has 0 aromatic heterocycles. The largest absolute Gasteiger partial charge is 0.505 e. The molecule has 2 rings (SSSR count).